The summed E-state index contributed by atoms with van der Waals surface area (Å²) in [4.78, 5) is 49.0. The lowest BCUT2D eigenvalue weighted by Gasteiger charge is -2.20. The molecule has 1 heterocycles. The van der Waals surface area contributed by atoms with Gasteiger partial charge in [-0.2, -0.15) is 0 Å². The maximum atomic E-state index is 12.2. The Labute approximate surface area is 234 Å². The second-order valence-corrected chi connectivity index (χ2v) is 8.63. The smallest absolute Gasteiger partial charge is 0.333 e. The van der Waals surface area contributed by atoms with Crippen molar-refractivity contribution in [2.45, 2.75) is 39.8 Å². The third-order valence-electron chi connectivity index (χ3n) is 4.99. The molecule has 0 fully saturated rings. The lowest BCUT2D eigenvalue weighted by atomic mass is 10.3. The molecule has 1 rings (SSSR count). The van der Waals surface area contributed by atoms with Crippen LogP contribution in [0, 0.1) is 0 Å². The molecule has 0 radical (unpaired) electrons. The summed E-state index contributed by atoms with van der Waals surface area (Å²) >= 11 is 0. The summed E-state index contributed by atoms with van der Waals surface area (Å²) in [5.74, 6) is -2.10. The number of hydrogen-bond donors (Lipinski definition) is 0. The molecule has 0 spiro atoms. The lowest BCUT2D eigenvalue weighted by Crippen LogP contribution is -2.30. The molecule has 0 saturated heterocycles. The van der Waals surface area contributed by atoms with E-state index in [2.05, 4.69) is 23.5 Å². The molecule has 224 valence electrons. The highest BCUT2D eigenvalue weighted by atomic mass is 16.6. The van der Waals surface area contributed by atoms with Crippen LogP contribution >= 0.6 is 0 Å². The molecule has 0 aliphatic heterocycles. The van der Waals surface area contributed by atoms with Gasteiger partial charge in [0.25, 0.3) is 0 Å². The zero-order valence-corrected chi connectivity index (χ0v) is 23.6. The predicted molar refractivity (Wildman–Crippen MR) is 141 cm³/mol. The van der Waals surface area contributed by atoms with E-state index in [9.17, 15) is 19.2 Å². The predicted octanol–water partition coefficient (Wildman–Crippen LogP) is 0.848. The number of hydrogen-bond acceptors (Lipinski definition) is 13. The third-order valence-corrected chi connectivity index (χ3v) is 4.99. The number of carbonyl (C=O) groups excluding carboxylic acids is 4. The van der Waals surface area contributed by atoms with Crippen molar-refractivity contribution in [3.63, 3.8) is 0 Å². The van der Waals surface area contributed by atoms with Gasteiger partial charge in [0.2, 0.25) is 0 Å². The molecule has 0 aliphatic carbocycles. The van der Waals surface area contributed by atoms with E-state index >= 15 is 0 Å². The summed E-state index contributed by atoms with van der Waals surface area (Å²) in [5.41, 5.74) is 1.14. The average Bonchev–Trinajstić information content (AvgIpc) is 3.37. The first kappa shape index (κ1) is 34.4. The Hall–Kier alpha value is -3.62. The van der Waals surface area contributed by atoms with Gasteiger partial charge >= 0.3 is 23.9 Å². The fourth-order valence-electron chi connectivity index (χ4n) is 2.89. The fraction of sp³-hybridized carbons (Fsp3) is 0.615. The summed E-state index contributed by atoms with van der Waals surface area (Å²) < 4.78 is 32.0. The van der Waals surface area contributed by atoms with E-state index in [-0.39, 0.29) is 63.5 Å². The first-order valence-corrected chi connectivity index (χ1v) is 12.8. The average molecular weight is 569 g/mol. The van der Waals surface area contributed by atoms with Crippen molar-refractivity contribution in [2.24, 2.45) is 0 Å². The topological polar surface area (TPSA) is 158 Å². The maximum absolute atomic E-state index is 12.2. The van der Waals surface area contributed by atoms with E-state index in [0.717, 1.165) is 0 Å². The van der Waals surface area contributed by atoms with Crippen LogP contribution in [0.3, 0.4) is 0 Å². The molecule has 0 atom stereocenters. The van der Waals surface area contributed by atoms with Crippen LogP contribution in [0.1, 0.15) is 32.4 Å². The zero-order chi connectivity index (χ0) is 29.8. The summed E-state index contributed by atoms with van der Waals surface area (Å²) in [6.45, 7) is 12.4. The molecule has 1 aromatic heterocycles. The molecular formula is C26H40N4O10. The summed E-state index contributed by atoms with van der Waals surface area (Å²) in [6.07, 6.45) is 1.82. The minimum atomic E-state index is -0.558. The molecule has 0 aromatic carbocycles. The van der Waals surface area contributed by atoms with Gasteiger partial charge in [-0.15, -0.1) is 5.10 Å². The van der Waals surface area contributed by atoms with Crippen LogP contribution in [0.4, 0.5) is 0 Å². The van der Waals surface area contributed by atoms with E-state index in [1.54, 1.807) is 18.0 Å². The van der Waals surface area contributed by atoms with Crippen molar-refractivity contribution in [1.29, 1.82) is 0 Å². The van der Waals surface area contributed by atoms with Crippen molar-refractivity contribution in [2.75, 3.05) is 66.4 Å². The molecule has 14 heteroatoms. The normalized spacial score (nSPS) is 10.7. The molecule has 0 bridgehead atoms. The number of nitrogens with zero attached hydrogens (tertiary/aromatic N) is 4. The van der Waals surface area contributed by atoms with Gasteiger partial charge in [-0.3, -0.25) is 14.5 Å². The first-order chi connectivity index (χ1) is 19.1. The molecule has 40 heavy (non-hydrogen) atoms. The standard InChI is InChI=1S/C26H40N4O10/c1-20(2)25(33)39-16-14-37-23(31)6-8-29(9-7-24(32)38-15-17-40-26(34)21(3)4)18-22-19-30(28-27-22)10-11-36-13-12-35-5/h19H,1,3,6-18H2,2,4-5H3. The van der Waals surface area contributed by atoms with Crippen LogP contribution in [0.25, 0.3) is 0 Å². The van der Waals surface area contributed by atoms with Crippen LogP contribution in [0.2, 0.25) is 0 Å². The highest BCUT2D eigenvalue weighted by Gasteiger charge is 2.15. The van der Waals surface area contributed by atoms with Gasteiger partial charge in [0.15, 0.2) is 0 Å². The van der Waals surface area contributed by atoms with Crippen LogP contribution < -0.4 is 0 Å². The summed E-state index contributed by atoms with van der Waals surface area (Å²) in [5, 5.41) is 8.24. The van der Waals surface area contributed by atoms with Crippen molar-refractivity contribution in [3.05, 3.63) is 36.2 Å². The third kappa shape index (κ3) is 16.4. The lowest BCUT2D eigenvalue weighted by molar-refractivity contribution is -0.151. The Kier molecular flexibility index (Phi) is 17.5. The molecule has 0 saturated carbocycles. The Bertz CT molecular complexity index is 928. The van der Waals surface area contributed by atoms with Crippen molar-refractivity contribution >= 4 is 23.9 Å². The molecular weight excluding hydrogens is 528 g/mol. The number of esters is 4. The Morgan fingerprint density at radius 2 is 1.32 bits per heavy atom. The van der Waals surface area contributed by atoms with Gasteiger partial charge in [0, 0.05) is 44.1 Å². The molecule has 0 N–H and O–H groups in total. The van der Waals surface area contributed by atoms with Crippen LogP contribution in [0.15, 0.2) is 30.5 Å². The first-order valence-electron chi connectivity index (χ1n) is 12.8. The van der Waals surface area contributed by atoms with Crippen molar-refractivity contribution in [3.8, 4) is 0 Å². The van der Waals surface area contributed by atoms with E-state index in [1.165, 1.54) is 13.8 Å². The molecule has 0 amide bonds. The van der Waals surface area contributed by atoms with Crippen LogP contribution in [-0.4, -0.2) is 110 Å². The number of carbonyl (C=O) groups is 4. The zero-order valence-electron chi connectivity index (χ0n) is 23.6. The minimum absolute atomic E-state index is 0.0296. The largest absolute Gasteiger partial charge is 0.462 e. The van der Waals surface area contributed by atoms with Gasteiger partial charge in [0.1, 0.15) is 26.4 Å². The highest BCUT2D eigenvalue weighted by molar-refractivity contribution is 5.87. The summed E-state index contributed by atoms with van der Waals surface area (Å²) in [7, 11) is 1.60. The van der Waals surface area contributed by atoms with E-state index in [0.29, 0.717) is 38.6 Å². The SMILES string of the molecule is C=C(C)C(=O)OCCOC(=O)CCN(CCC(=O)OCCOC(=O)C(=C)C)Cc1cn(CCOCCOC)nn1. The highest BCUT2D eigenvalue weighted by Crippen LogP contribution is 2.05. The van der Waals surface area contributed by atoms with Gasteiger partial charge in [-0.05, 0) is 13.8 Å². The number of aromatic nitrogens is 3. The monoisotopic (exact) mass is 568 g/mol. The van der Waals surface area contributed by atoms with Crippen LogP contribution in [0.5, 0.6) is 0 Å². The van der Waals surface area contributed by atoms with Crippen molar-refractivity contribution in [1.82, 2.24) is 19.9 Å². The summed E-state index contributed by atoms with van der Waals surface area (Å²) in [6, 6.07) is 0. The Morgan fingerprint density at radius 1 is 0.800 bits per heavy atom. The van der Waals surface area contributed by atoms with Gasteiger partial charge in [-0.1, -0.05) is 18.4 Å². The quantitative estimate of drug-likeness (QED) is 0.0840. The molecule has 0 unspecified atom stereocenters. The van der Waals surface area contributed by atoms with Gasteiger partial charge in [-0.25, -0.2) is 14.3 Å². The van der Waals surface area contributed by atoms with Crippen LogP contribution in [-0.2, 0) is 60.7 Å². The fourth-order valence-corrected chi connectivity index (χ4v) is 2.89. The molecule has 14 nitrogen and oxygen atoms in total. The minimum Gasteiger partial charge on any atom is -0.462 e. The number of ether oxygens (including phenoxy) is 6. The van der Waals surface area contributed by atoms with Gasteiger partial charge < -0.3 is 28.4 Å². The maximum Gasteiger partial charge on any atom is 0.333 e. The number of methoxy groups -OCH3 is 1. The van der Waals surface area contributed by atoms with E-state index in [1.807, 2.05) is 4.90 Å². The Balaban J connectivity index is 2.56. The number of rotatable bonds is 22. The van der Waals surface area contributed by atoms with E-state index < -0.39 is 23.9 Å². The Morgan fingerprint density at radius 3 is 1.82 bits per heavy atom. The second-order valence-electron chi connectivity index (χ2n) is 8.63. The molecule has 1 aromatic rings. The molecule has 0 aliphatic rings. The van der Waals surface area contributed by atoms with Gasteiger partial charge in [0.05, 0.1) is 44.9 Å². The van der Waals surface area contributed by atoms with E-state index in [4.69, 9.17) is 28.4 Å². The van der Waals surface area contributed by atoms with Crippen molar-refractivity contribution < 1.29 is 47.6 Å². The second kappa shape index (κ2) is 20.3.